The molecule has 21 heavy (non-hydrogen) atoms. The first kappa shape index (κ1) is 18.0. The molecule has 1 rings (SSSR count). The summed E-state index contributed by atoms with van der Waals surface area (Å²) in [5, 5.41) is 3.28. The van der Waals surface area contributed by atoms with Crippen molar-refractivity contribution in [1.29, 1.82) is 0 Å². The Bertz CT molecular complexity index is 384. The Balaban J connectivity index is 2.27. The number of hydrogen-bond acceptors (Lipinski definition) is 1. The summed E-state index contributed by atoms with van der Waals surface area (Å²) < 4.78 is 36.0. The van der Waals surface area contributed by atoms with Gasteiger partial charge in [0.15, 0.2) is 0 Å². The molecule has 1 N–H and O–H groups in total. The third-order valence-electron chi connectivity index (χ3n) is 3.64. The molecule has 0 heterocycles. The summed E-state index contributed by atoms with van der Waals surface area (Å²) >= 11 is 0. The molecule has 0 aliphatic rings. The predicted molar refractivity (Wildman–Crippen MR) is 81.4 cm³/mol. The summed E-state index contributed by atoms with van der Waals surface area (Å²) in [4.78, 5) is 0. The van der Waals surface area contributed by atoms with Gasteiger partial charge >= 0.3 is 6.18 Å². The minimum Gasteiger partial charge on any atom is -0.310 e. The maximum absolute atomic E-state index is 12.0. The Hall–Kier alpha value is -1.03. The minimum atomic E-state index is -4.03. The molecule has 1 nitrogen and oxygen atoms in total. The molecular weight excluding hydrogens is 275 g/mol. The third-order valence-corrected chi connectivity index (χ3v) is 3.64. The molecule has 0 spiro atoms. The van der Waals surface area contributed by atoms with Crippen LogP contribution in [0.4, 0.5) is 13.2 Å². The third kappa shape index (κ3) is 8.10. The van der Waals surface area contributed by atoms with Crippen LogP contribution in [0.5, 0.6) is 0 Å². The highest BCUT2D eigenvalue weighted by atomic mass is 19.4. The first-order valence-corrected chi connectivity index (χ1v) is 7.81. The quantitative estimate of drug-likeness (QED) is 0.601. The van der Waals surface area contributed by atoms with E-state index in [-0.39, 0.29) is 12.5 Å². The largest absolute Gasteiger partial charge is 0.389 e. The molecule has 1 atom stereocenters. The summed E-state index contributed by atoms with van der Waals surface area (Å²) in [7, 11) is 0. The van der Waals surface area contributed by atoms with Crippen LogP contribution in [0.3, 0.4) is 0 Å². The zero-order chi connectivity index (χ0) is 15.7. The number of nitrogens with one attached hydrogen (secondary N) is 1. The Labute approximate surface area is 125 Å². The highest BCUT2D eigenvalue weighted by Crippen LogP contribution is 2.22. The smallest absolute Gasteiger partial charge is 0.310 e. The lowest BCUT2D eigenvalue weighted by atomic mass is 10.0. The van der Waals surface area contributed by atoms with Crippen molar-refractivity contribution < 1.29 is 13.2 Å². The molecule has 0 bridgehead atoms. The van der Waals surface area contributed by atoms with E-state index in [1.54, 1.807) is 0 Å². The molecule has 0 radical (unpaired) electrons. The van der Waals surface area contributed by atoms with Crippen LogP contribution in [0.1, 0.15) is 63.1 Å². The summed E-state index contributed by atoms with van der Waals surface area (Å²) in [5.74, 6) is 0. The van der Waals surface area contributed by atoms with Crippen LogP contribution in [0.15, 0.2) is 24.3 Å². The fourth-order valence-electron chi connectivity index (χ4n) is 2.24. The van der Waals surface area contributed by atoms with Gasteiger partial charge in [0.05, 0.1) is 0 Å². The van der Waals surface area contributed by atoms with E-state index in [0.717, 1.165) is 6.42 Å². The molecule has 0 saturated carbocycles. The van der Waals surface area contributed by atoms with Crippen molar-refractivity contribution in [3.63, 3.8) is 0 Å². The van der Waals surface area contributed by atoms with Gasteiger partial charge in [-0.25, -0.2) is 0 Å². The number of unbranched alkanes of at least 4 members (excludes halogenated alkanes) is 2. The highest BCUT2D eigenvalue weighted by Gasteiger charge is 2.25. The zero-order valence-electron chi connectivity index (χ0n) is 13.0. The van der Waals surface area contributed by atoms with Crippen molar-refractivity contribution in [3.05, 3.63) is 35.4 Å². The van der Waals surface area contributed by atoms with Crippen molar-refractivity contribution in [2.75, 3.05) is 6.54 Å². The number of rotatable bonds is 9. The monoisotopic (exact) mass is 301 g/mol. The normalized spacial score (nSPS) is 13.4. The van der Waals surface area contributed by atoms with Crippen LogP contribution in [0, 0.1) is 0 Å². The molecule has 0 saturated heterocycles. The van der Waals surface area contributed by atoms with Crippen LogP contribution in [0.2, 0.25) is 0 Å². The highest BCUT2D eigenvalue weighted by molar-refractivity contribution is 5.24. The lowest BCUT2D eigenvalue weighted by Crippen LogP contribution is -2.20. The van der Waals surface area contributed by atoms with E-state index in [4.69, 9.17) is 0 Å². The van der Waals surface area contributed by atoms with Crippen LogP contribution >= 0.6 is 0 Å². The SMILES string of the molecule is CCCCc1ccc(C(C)NCCCCC(F)(F)F)cc1. The maximum Gasteiger partial charge on any atom is 0.389 e. The molecule has 0 amide bonds. The van der Waals surface area contributed by atoms with Crippen molar-refractivity contribution in [3.8, 4) is 0 Å². The molecule has 1 aromatic carbocycles. The summed E-state index contributed by atoms with van der Waals surface area (Å²) in [5.41, 5.74) is 2.53. The van der Waals surface area contributed by atoms with Crippen LogP contribution < -0.4 is 5.32 Å². The van der Waals surface area contributed by atoms with Gasteiger partial charge in [0.1, 0.15) is 0 Å². The average Bonchev–Trinajstić information content (AvgIpc) is 2.44. The molecule has 1 aromatic rings. The Morgan fingerprint density at radius 1 is 1.05 bits per heavy atom. The van der Waals surface area contributed by atoms with Gasteiger partial charge in [-0.3, -0.25) is 0 Å². The van der Waals surface area contributed by atoms with E-state index in [9.17, 15) is 13.2 Å². The van der Waals surface area contributed by atoms with Gasteiger partial charge in [-0.15, -0.1) is 0 Å². The maximum atomic E-state index is 12.0. The van der Waals surface area contributed by atoms with E-state index >= 15 is 0 Å². The fraction of sp³-hybridized carbons (Fsp3) is 0.647. The van der Waals surface area contributed by atoms with E-state index < -0.39 is 12.6 Å². The summed E-state index contributed by atoms with van der Waals surface area (Å²) in [6, 6.07) is 8.69. The number of hydrogen-bond donors (Lipinski definition) is 1. The van der Waals surface area contributed by atoms with E-state index in [1.165, 1.54) is 24.0 Å². The van der Waals surface area contributed by atoms with Gasteiger partial charge in [-0.2, -0.15) is 13.2 Å². The van der Waals surface area contributed by atoms with Crippen LogP contribution in [-0.2, 0) is 6.42 Å². The van der Waals surface area contributed by atoms with Crippen molar-refractivity contribution in [2.24, 2.45) is 0 Å². The van der Waals surface area contributed by atoms with E-state index in [1.807, 2.05) is 6.92 Å². The fourth-order valence-corrected chi connectivity index (χ4v) is 2.24. The summed E-state index contributed by atoms with van der Waals surface area (Å²) in [6.45, 7) is 4.85. The van der Waals surface area contributed by atoms with Gasteiger partial charge in [0.2, 0.25) is 0 Å². The molecular formula is C17H26F3N. The molecule has 0 aliphatic heterocycles. The van der Waals surface area contributed by atoms with E-state index in [2.05, 4.69) is 36.5 Å². The van der Waals surface area contributed by atoms with Gasteiger partial charge in [0.25, 0.3) is 0 Å². The number of aryl methyl sites for hydroxylation is 1. The van der Waals surface area contributed by atoms with Crippen LogP contribution in [-0.4, -0.2) is 12.7 Å². The predicted octanol–water partition coefficient (Wildman–Crippen LogP) is 5.41. The average molecular weight is 301 g/mol. The van der Waals surface area contributed by atoms with Gasteiger partial charge in [-0.1, -0.05) is 37.6 Å². The van der Waals surface area contributed by atoms with Crippen LogP contribution in [0.25, 0.3) is 0 Å². The first-order chi connectivity index (χ1) is 9.92. The molecule has 0 aromatic heterocycles. The van der Waals surface area contributed by atoms with Gasteiger partial charge < -0.3 is 5.32 Å². The summed E-state index contributed by atoms with van der Waals surface area (Å²) in [6.07, 6.45) is -0.466. The first-order valence-electron chi connectivity index (χ1n) is 7.81. The Morgan fingerprint density at radius 2 is 1.71 bits per heavy atom. The molecule has 4 heteroatoms. The van der Waals surface area contributed by atoms with Gasteiger partial charge in [-0.05, 0) is 50.3 Å². The molecule has 0 aliphatic carbocycles. The van der Waals surface area contributed by atoms with Crippen molar-refractivity contribution >= 4 is 0 Å². The second-order valence-corrected chi connectivity index (χ2v) is 5.59. The van der Waals surface area contributed by atoms with Gasteiger partial charge in [0, 0.05) is 12.5 Å². The Morgan fingerprint density at radius 3 is 2.29 bits per heavy atom. The van der Waals surface area contributed by atoms with E-state index in [0.29, 0.717) is 13.0 Å². The lowest BCUT2D eigenvalue weighted by Gasteiger charge is -2.15. The second-order valence-electron chi connectivity index (χ2n) is 5.59. The molecule has 1 unspecified atom stereocenters. The lowest BCUT2D eigenvalue weighted by molar-refractivity contribution is -0.135. The number of alkyl halides is 3. The number of halogens is 3. The molecule has 120 valence electrons. The zero-order valence-corrected chi connectivity index (χ0v) is 13.0. The number of benzene rings is 1. The standard InChI is InChI=1S/C17H26F3N/c1-3-4-7-15-8-10-16(11-9-15)14(2)21-13-6-5-12-17(18,19)20/h8-11,14,21H,3-7,12-13H2,1-2H3. The molecule has 0 fully saturated rings. The van der Waals surface area contributed by atoms with Crippen molar-refractivity contribution in [1.82, 2.24) is 5.32 Å². The van der Waals surface area contributed by atoms with Crippen molar-refractivity contribution in [2.45, 2.75) is 64.6 Å². The minimum absolute atomic E-state index is 0.177. The Kier molecular flexibility index (Phi) is 7.79. The topological polar surface area (TPSA) is 12.0 Å². The second kappa shape index (κ2) is 9.08.